The molecule has 1 aliphatic rings. The molecule has 2 rings (SSSR count). The van der Waals surface area contributed by atoms with Crippen LogP contribution in [-0.4, -0.2) is 35.1 Å². The van der Waals surface area contributed by atoms with Crippen LogP contribution in [0.2, 0.25) is 0 Å². The maximum Gasteiger partial charge on any atom is 0.317 e. The molecule has 0 aromatic heterocycles. The summed E-state index contributed by atoms with van der Waals surface area (Å²) < 4.78 is 0. The third-order valence-electron chi connectivity index (χ3n) is 3.81. The van der Waals surface area contributed by atoms with Gasteiger partial charge < -0.3 is 15.3 Å². The third kappa shape index (κ3) is 4.48. The Kier molecular flexibility index (Phi) is 5.60. The fourth-order valence-corrected chi connectivity index (χ4v) is 2.75. The largest absolute Gasteiger partial charge is 0.481 e. The fourth-order valence-electron chi connectivity index (χ4n) is 2.75. The lowest BCUT2D eigenvalue weighted by Gasteiger charge is -2.30. The SMILES string of the molecule is O=C(O)CCNC(=O)N1CCCCCC1c1ccccc1. The van der Waals surface area contributed by atoms with E-state index in [2.05, 4.69) is 5.32 Å². The number of nitrogens with zero attached hydrogens (tertiary/aromatic N) is 1. The number of carboxylic acids is 1. The Morgan fingerprint density at radius 3 is 2.67 bits per heavy atom. The molecule has 114 valence electrons. The summed E-state index contributed by atoms with van der Waals surface area (Å²) in [5.74, 6) is -0.897. The number of carboxylic acid groups (broad SMARTS) is 1. The Labute approximate surface area is 125 Å². The highest BCUT2D eigenvalue weighted by Gasteiger charge is 2.26. The van der Waals surface area contributed by atoms with E-state index in [1.165, 1.54) is 0 Å². The van der Waals surface area contributed by atoms with Gasteiger partial charge in [-0.15, -0.1) is 0 Å². The molecule has 1 saturated heterocycles. The van der Waals surface area contributed by atoms with E-state index in [4.69, 9.17) is 5.11 Å². The highest BCUT2D eigenvalue weighted by Crippen LogP contribution is 2.29. The first kappa shape index (κ1) is 15.4. The number of rotatable bonds is 4. The van der Waals surface area contributed by atoms with Crippen molar-refractivity contribution in [3.05, 3.63) is 35.9 Å². The number of aliphatic carboxylic acids is 1. The van der Waals surface area contributed by atoms with Gasteiger partial charge in [-0.25, -0.2) is 4.79 Å². The first-order chi connectivity index (χ1) is 10.2. The van der Waals surface area contributed by atoms with Crippen molar-refractivity contribution in [1.29, 1.82) is 0 Å². The van der Waals surface area contributed by atoms with Gasteiger partial charge in [-0.1, -0.05) is 43.2 Å². The molecule has 5 heteroatoms. The highest BCUT2D eigenvalue weighted by molar-refractivity contribution is 5.75. The third-order valence-corrected chi connectivity index (χ3v) is 3.81. The van der Waals surface area contributed by atoms with E-state index in [1.54, 1.807) is 0 Å². The van der Waals surface area contributed by atoms with Gasteiger partial charge in [-0.05, 0) is 18.4 Å². The zero-order chi connectivity index (χ0) is 15.1. The van der Waals surface area contributed by atoms with Crippen LogP contribution >= 0.6 is 0 Å². The van der Waals surface area contributed by atoms with Crippen molar-refractivity contribution >= 4 is 12.0 Å². The molecule has 2 amide bonds. The summed E-state index contributed by atoms with van der Waals surface area (Å²) in [5.41, 5.74) is 1.15. The molecule has 5 nitrogen and oxygen atoms in total. The summed E-state index contributed by atoms with van der Waals surface area (Å²) >= 11 is 0. The molecule has 0 saturated carbocycles. The minimum absolute atomic E-state index is 0.0460. The number of carbonyl (C=O) groups excluding carboxylic acids is 1. The summed E-state index contributed by atoms with van der Waals surface area (Å²) in [5, 5.41) is 11.4. The van der Waals surface area contributed by atoms with E-state index in [0.717, 1.165) is 37.8 Å². The smallest absolute Gasteiger partial charge is 0.317 e. The molecular formula is C16H22N2O3. The Morgan fingerprint density at radius 1 is 1.19 bits per heavy atom. The monoisotopic (exact) mass is 290 g/mol. The molecule has 2 N–H and O–H groups in total. The Hall–Kier alpha value is -2.04. The number of carbonyl (C=O) groups is 2. The van der Waals surface area contributed by atoms with Crippen LogP contribution < -0.4 is 5.32 Å². The Morgan fingerprint density at radius 2 is 1.95 bits per heavy atom. The number of likely N-dealkylation sites (tertiary alicyclic amines) is 1. The van der Waals surface area contributed by atoms with Crippen molar-refractivity contribution in [2.24, 2.45) is 0 Å². The maximum absolute atomic E-state index is 12.3. The first-order valence-corrected chi connectivity index (χ1v) is 7.49. The zero-order valence-electron chi connectivity index (χ0n) is 12.1. The molecule has 0 bridgehead atoms. The van der Waals surface area contributed by atoms with Crippen LogP contribution in [0.15, 0.2) is 30.3 Å². The van der Waals surface area contributed by atoms with Crippen LogP contribution in [0, 0.1) is 0 Å². The molecule has 1 fully saturated rings. The molecule has 1 atom stereocenters. The molecule has 0 radical (unpaired) electrons. The average molecular weight is 290 g/mol. The predicted molar refractivity (Wildman–Crippen MR) is 80.0 cm³/mol. The van der Waals surface area contributed by atoms with Crippen LogP contribution in [0.25, 0.3) is 0 Å². The summed E-state index contributed by atoms with van der Waals surface area (Å²) in [4.78, 5) is 24.7. The summed E-state index contributed by atoms with van der Waals surface area (Å²) in [6, 6.07) is 9.96. The van der Waals surface area contributed by atoms with Gasteiger partial charge in [0.15, 0.2) is 0 Å². The van der Waals surface area contributed by atoms with Crippen molar-refractivity contribution < 1.29 is 14.7 Å². The predicted octanol–water partition coefficient (Wildman–Crippen LogP) is 2.79. The number of benzene rings is 1. The second-order valence-electron chi connectivity index (χ2n) is 5.34. The summed E-state index contributed by atoms with van der Waals surface area (Å²) in [6.45, 7) is 0.893. The molecule has 1 unspecified atom stereocenters. The van der Waals surface area contributed by atoms with Gasteiger partial charge in [-0.3, -0.25) is 4.79 Å². The van der Waals surface area contributed by atoms with Crippen LogP contribution in [0.1, 0.15) is 43.7 Å². The van der Waals surface area contributed by atoms with Gasteiger partial charge in [0.25, 0.3) is 0 Å². The summed E-state index contributed by atoms with van der Waals surface area (Å²) in [6.07, 6.45) is 4.14. The van der Waals surface area contributed by atoms with Crippen LogP contribution in [0.4, 0.5) is 4.79 Å². The highest BCUT2D eigenvalue weighted by atomic mass is 16.4. The lowest BCUT2D eigenvalue weighted by molar-refractivity contribution is -0.136. The van der Waals surface area contributed by atoms with Gasteiger partial charge in [-0.2, -0.15) is 0 Å². The van der Waals surface area contributed by atoms with E-state index in [-0.39, 0.29) is 25.0 Å². The topological polar surface area (TPSA) is 69.6 Å². The molecular weight excluding hydrogens is 268 g/mol. The van der Waals surface area contributed by atoms with Crippen molar-refractivity contribution in [3.63, 3.8) is 0 Å². The molecule has 21 heavy (non-hydrogen) atoms. The van der Waals surface area contributed by atoms with Crippen molar-refractivity contribution in [3.8, 4) is 0 Å². The lowest BCUT2D eigenvalue weighted by atomic mass is 10.0. The molecule has 1 aromatic rings. The van der Waals surface area contributed by atoms with Gasteiger partial charge in [0.1, 0.15) is 0 Å². The van der Waals surface area contributed by atoms with E-state index >= 15 is 0 Å². The van der Waals surface area contributed by atoms with Crippen LogP contribution in [0.5, 0.6) is 0 Å². The van der Waals surface area contributed by atoms with E-state index in [1.807, 2.05) is 35.2 Å². The minimum atomic E-state index is -0.897. The van der Waals surface area contributed by atoms with E-state index in [0.29, 0.717) is 0 Å². The number of urea groups is 1. The van der Waals surface area contributed by atoms with E-state index in [9.17, 15) is 9.59 Å². The molecule has 1 aliphatic heterocycles. The molecule has 1 heterocycles. The normalized spacial score (nSPS) is 18.9. The Bertz CT molecular complexity index is 476. The maximum atomic E-state index is 12.3. The lowest BCUT2D eigenvalue weighted by Crippen LogP contribution is -2.42. The second kappa shape index (κ2) is 7.67. The minimum Gasteiger partial charge on any atom is -0.481 e. The summed E-state index contributed by atoms with van der Waals surface area (Å²) in [7, 11) is 0. The standard InChI is InChI=1S/C16H22N2O3/c19-15(20)10-11-17-16(21)18-12-6-2-5-9-14(18)13-7-3-1-4-8-13/h1,3-4,7-8,14H,2,5-6,9-12H2,(H,17,21)(H,19,20). The van der Waals surface area contributed by atoms with Gasteiger partial charge in [0.2, 0.25) is 0 Å². The fraction of sp³-hybridized carbons (Fsp3) is 0.500. The number of hydrogen-bond donors (Lipinski definition) is 2. The number of nitrogens with one attached hydrogen (secondary N) is 1. The molecule has 0 spiro atoms. The van der Waals surface area contributed by atoms with Crippen molar-refractivity contribution in [1.82, 2.24) is 10.2 Å². The van der Waals surface area contributed by atoms with Gasteiger partial charge in [0.05, 0.1) is 12.5 Å². The van der Waals surface area contributed by atoms with Gasteiger partial charge >= 0.3 is 12.0 Å². The number of hydrogen-bond acceptors (Lipinski definition) is 2. The van der Waals surface area contributed by atoms with Crippen molar-refractivity contribution in [2.45, 2.75) is 38.1 Å². The average Bonchev–Trinajstić information content (AvgIpc) is 2.73. The van der Waals surface area contributed by atoms with Crippen LogP contribution in [-0.2, 0) is 4.79 Å². The second-order valence-corrected chi connectivity index (χ2v) is 5.34. The number of amides is 2. The van der Waals surface area contributed by atoms with Crippen molar-refractivity contribution in [2.75, 3.05) is 13.1 Å². The first-order valence-electron chi connectivity index (χ1n) is 7.49. The Balaban J connectivity index is 2.05. The quantitative estimate of drug-likeness (QED) is 0.896. The van der Waals surface area contributed by atoms with Gasteiger partial charge in [0, 0.05) is 13.1 Å². The van der Waals surface area contributed by atoms with E-state index < -0.39 is 5.97 Å². The molecule has 1 aromatic carbocycles. The zero-order valence-corrected chi connectivity index (χ0v) is 12.1. The molecule has 0 aliphatic carbocycles. The van der Waals surface area contributed by atoms with Crippen LogP contribution in [0.3, 0.4) is 0 Å².